The number of hydrogen-bond donors (Lipinski definition) is 0. The van der Waals surface area contributed by atoms with Gasteiger partial charge in [-0.25, -0.2) is 9.78 Å². The molecule has 136 valence electrons. The highest BCUT2D eigenvalue weighted by Gasteiger charge is 2.50. The van der Waals surface area contributed by atoms with E-state index in [9.17, 15) is 14.9 Å². The van der Waals surface area contributed by atoms with Crippen molar-refractivity contribution in [2.24, 2.45) is 0 Å². The molecule has 0 amide bonds. The molecule has 0 N–H and O–H groups in total. The Morgan fingerprint density at radius 2 is 1.92 bits per heavy atom. The van der Waals surface area contributed by atoms with E-state index in [1.807, 2.05) is 0 Å². The van der Waals surface area contributed by atoms with Gasteiger partial charge in [-0.1, -0.05) is 18.2 Å². The first kappa shape index (κ1) is 17.5. The van der Waals surface area contributed by atoms with Crippen LogP contribution in [0, 0.1) is 10.1 Å². The average Bonchev–Trinajstić information content (AvgIpc) is 3.12. The molecule has 3 rings (SSSR count). The Morgan fingerprint density at radius 3 is 2.64 bits per heavy atom. The molecule has 10 heteroatoms. The van der Waals surface area contributed by atoms with Crippen LogP contribution in [-0.4, -0.2) is 48.7 Å². The van der Waals surface area contributed by atoms with E-state index in [-0.39, 0.29) is 19.8 Å². The fourth-order valence-electron chi connectivity index (χ4n) is 2.77. The number of benzene rings is 1. The summed E-state index contributed by atoms with van der Waals surface area (Å²) in [5, 5.41) is 9.58. The summed E-state index contributed by atoms with van der Waals surface area (Å²) in [6, 6.07) is 6.90. The molecule has 2 heterocycles. The number of para-hydroxylation sites is 1. The van der Waals surface area contributed by atoms with Crippen molar-refractivity contribution in [1.29, 1.82) is 0 Å². The Hall–Kier alpha value is -2.27. The van der Waals surface area contributed by atoms with Crippen molar-refractivity contribution in [3.63, 3.8) is 0 Å². The van der Waals surface area contributed by atoms with Gasteiger partial charge >= 0.3 is 5.97 Å². The largest absolute Gasteiger partial charge is 0.426 e. The van der Waals surface area contributed by atoms with Gasteiger partial charge in [0, 0.05) is 12.5 Å². The summed E-state index contributed by atoms with van der Waals surface area (Å²) in [5.74, 6) is -0.0488. The second-order valence-electron chi connectivity index (χ2n) is 5.56. The fraction of sp³-hybridized carbons (Fsp3) is 0.533. The van der Waals surface area contributed by atoms with E-state index in [1.165, 1.54) is 6.92 Å². The fourth-order valence-corrected chi connectivity index (χ4v) is 2.77. The molecule has 0 aromatic heterocycles. The summed E-state index contributed by atoms with van der Waals surface area (Å²) in [6.45, 7) is 1.57. The summed E-state index contributed by atoms with van der Waals surface area (Å²) in [6.07, 6.45) is -2.40. The Bertz CT molecular complexity index is 637. The number of esters is 1. The predicted molar refractivity (Wildman–Crippen MR) is 78.8 cm³/mol. The number of ether oxygens (including phenoxy) is 3. The zero-order chi connectivity index (χ0) is 17.8. The summed E-state index contributed by atoms with van der Waals surface area (Å²) < 4.78 is 16.0. The molecule has 2 aliphatic heterocycles. The molecule has 1 aromatic carbocycles. The molecule has 2 saturated heterocycles. The third-order valence-corrected chi connectivity index (χ3v) is 3.82. The van der Waals surface area contributed by atoms with E-state index in [0.717, 1.165) is 0 Å². The van der Waals surface area contributed by atoms with Gasteiger partial charge in [-0.15, -0.1) is 10.1 Å². The molecule has 1 aromatic rings. The molecule has 0 spiro atoms. The zero-order valence-corrected chi connectivity index (χ0v) is 13.4. The number of nitrogens with zero attached hydrogens (tertiary/aromatic N) is 1. The van der Waals surface area contributed by atoms with Crippen molar-refractivity contribution in [2.75, 3.05) is 13.2 Å². The SMILES string of the molecule is CC(=O)Oc1ccccc1COO[C@H]1CO[C@H]2[C@@H]1OC[C@H]2O[N+](=O)[O-]. The van der Waals surface area contributed by atoms with Crippen molar-refractivity contribution in [1.82, 2.24) is 0 Å². The van der Waals surface area contributed by atoms with Gasteiger partial charge in [-0.2, -0.15) is 0 Å². The summed E-state index contributed by atoms with van der Waals surface area (Å²) >= 11 is 0. The lowest BCUT2D eigenvalue weighted by molar-refractivity contribution is -0.769. The predicted octanol–water partition coefficient (Wildman–Crippen LogP) is 0.803. The van der Waals surface area contributed by atoms with Gasteiger partial charge in [0.15, 0.2) is 6.10 Å². The van der Waals surface area contributed by atoms with Crippen molar-refractivity contribution in [3.05, 3.63) is 39.9 Å². The average molecular weight is 355 g/mol. The maximum Gasteiger partial charge on any atom is 0.308 e. The van der Waals surface area contributed by atoms with Crippen LogP contribution in [0.3, 0.4) is 0 Å². The molecule has 0 unspecified atom stereocenters. The Morgan fingerprint density at radius 1 is 1.24 bits per heavy atom. The molecule has 0 saturated carbocycles. The quantitative estimate of drug-likeness (QED) is 0.230. The van der Waals surface area contributed by atoms with Crippen LogP contribution < -0.4 is 4.74 Å². The summed E-state index contributed by atoms with van der Waals surface area (Å²) in [5.41, 5.74) is 0.634. The molecule has 2 aliphatic rings. The van der Waals surface area contributed by atoms with Crippen LogP contribution in [0.15, 0.2) is 24.3 Å². The minimum Gasteiger partial charge on any atom is -0.426 e. The molecular formula is C15H17NO9. The topological polar surface area (TPSA) is 116 Å². The van der Waals surface area contributed by atoms with Crippen molar-refractivity contribution in [2.45, 2.75) is 37.9 Å². The number of rotatable bonds is 7. The highest BCUT2D eigenvalue weighted by atomic mass is 17.2. The van der Waals surface area contributed by atoms with Crippen molar-refractivity contribution < 1.29 is 38.7 Å². The monoisotopic (exact) mass is 355 g/mol. The zero-order valence-electron chi connectivity index (χ0n) is 13.4. The first-order valence-corrected chi connectivity index (χ1v) is 7.63. The molecule has 2 fully saturated rings. The molecule has 0 aliphatic carbocycles. The molecule has 10 nitrogen and oxygen atoms in total. The Labute approximate surface area is 142 Å². The Balaban J connectivity index is 1.51. The van der Waals surface area contributed by atoms with Gasteiger partial charge in [-0.05, 0) is 6.07 Å². The highest BCUT2D eigenvalue weighted by Crippen LogP contribution is 2.31. The molecule has 4 atom stereocenters. The first-order valence-electron chi connectivity index (χ1n) is 7.63. The normalized spacial score (nSPS) is 27.7. The Kier molecular flexibility index (Phi) is 5.43. The van der Waals surface area contributed by atoms with Gasteiger partial charge in [0.1, 0.15) is 30.7 Å². The first-order chi connectivity index (χ1) is 12.0. The molecule has 0 radical (unpaired) electrons. The van der Waals surface area contributed by atoms with E-state index in [0.29, 0.717) is 11.3 Å². The van der Waals surface area contributed by atoms with Crippen LogP contribution in [0.1, 0.15) is 12.5 Å². The summed E-state index contributed by atoms with van der Waals surface area (Å²) in [4.78, 5) is 36.6. The lowest BCUT2D eigenvalue weighted by Crippen LogP contribution is -2.35. The van der Waals surface area contributed by atoms with E-state index in [4.69, 9.17) is 24.0 Å². The van der Waals surface area contributed by atoms with E-state index in [1.54, 1.807) is 24.3 Å². The van der Waals surface area contributed by atoms with Gasteiger partial charge in [0.25, 0.3) is 5.09 Å². The third-order valence-electron chi connectivity index (χ3n) is 3.82. The minimum absolute atomic E-state index is 0.0471. The number of fused-ring (bicyclic) bond motifs is 1. The minimum atomic E-state index is -0.865. The number of carbonyl (C=O) groups excluding carboxylic acids is 1. The van der Waals surface area contributed by atoms with E-state index < -0.39 is 35.5 Å². The molecular weight excluding hydrogens is 338 g/mol. The number of carbonyl (C=O) groups is 1. The molecule has 0 bridgehead atoms. The van der Waals surface area contributed by atoms with Crippen LogP contribution in [0.25, 0.3) is 0 Å². The van der Waals surface area contributed by atoms with Gasteiger partial charge in [0.2, 0.25) is 0 Å². The van der Waals surface area contributed by atoms with Gasteiger partial charge < -0.3 is 19.0 Å². The second kappa shape index (κ2) is 7.74. The van der Waals surface area contributed by atoms with Crippen LogP contribution in [0.5, 0.6) is 5.75 Å². The second-order valence-corrected chi connectivity index (χ2v) is 5.56. The van der Waals surface area contributed by atoms with Crippen LogP contribution >= 0.6 is 0 Å². The highest BCUT2D eigenvalue weighted by molar-refractivity contribution is 5.69. The van der Waals surface area contributed by atoms with Gasteiger partial charge in [0.05, 0.1) is 13.2 Å². The van der Waals surface area contributed by atoms with E-state index >= 15 is 0 Å². The lowest BCUT2D eigenvalue weighted by Gasteiger charge is -2.16. The van der Waals surface area contributed by atoms with Crippen LogP contribution in [0.2, 0.25) is 0 Å². The third kappa shape index (κ3) is 4.23. The van der Waals surface area contributed by atoms with Crippen molar-refractivity contribution >= 4 is 5.97 Å². The maximum atomic E-state index is 11.1. The molecule has 25 heavy (non-hydrogen) atoms. The van der Waals surface area contributed by atoms with Crippen LogP contribution in [0.4, 0.5) is 0 Å². The van der Waals surface area contributed by atoms with Gasteiger partial charge in [-0.3, -0.25) is 4.79 Å². The van der Waals surface area contributed by atoms with E-state index in [2.05, 4.69) is 4.84 Å². The number of hydrogen-bond acceptors (Lipinski definition) is 9. The maximum absolute atomic E-state index is 11.1. The smallest absolute Gasteiger partial charge is 0.308 e. The van der Waals surface area contributed by atoms with Crippen molar-refractivity contribution in [3.8, 4) is 5.75 Å². The lowest BCUT2D eigenvalue weighted by atomic mass is 10.1. The standard InChI is InChI=1S/C15H17NO9/c1-9(17)23-11-5-3-2-4-10(11)6-22-25-13-8-21-14-12(24-16(18)19)7-20-15(13)14/h2-5,12-15H,6-8H2,1H3/t12-,13+,14-,15-/m1/s1. The summed E-state index contributed by atoms with van der Waals surface area (Å²) in [7, 11) is 0. The van der Waals surface area contributed by atoms with Crippen LogP contribution in [-0.2, 0) is 35.5 Å².